The number of amides is 2. The van der Waals surface area contributed by atoms with Gasteiger partial charge in [-0.3, -0.25) is 9.79 Å². The number of unbranched alkanes of at least 4 members (excludes halogenated alkanes) is 1. The van der Waals surface area contributed by atoms with Gasteiger partial charge in [-0.2, -0.15) is 0 Å². The van der Waals surface area contributed by atoms with Crippen molar-refractivity contribution >= 4 is 18.0 Å². The molecule has 1 aliphatic rings. The minimum atomic E-state index is -0.530. The summed E-state index contributed by atoms with van der Waals surface area (Å²) in [5, 5.41) is 9.48. The number of hydrogen-bond acceptors (Lipinski definition) is 5. The van der Waals surface area contributed by atoms with Gasteiger partial charge in [-0.25, -0.2) is 4.79 Å². The van der Waals surface area contributed by atoms with E-state index in [0.717, 1.165) is 64.4 Å². The minimum absolute atomic E-state index is 0.0471. The Balaban J connectivity index is 2.34. The van der Waals surface area contributed by atoms with Crippen molar-refractivity contribution in [3.63, 3.8) is 0 Å². The molecule has 0 radical (unpaired) electrons. The summed E-state index contributed by atoms with van der Waals surface area (Å²) >= 11 is 0. The highest BCUT2D eigenvalue weighted by Gasteiger charge is 2.25. The fourth-order valence-electron chi connectivity index (χ4n) is 3.35. The van der Waals surface area contributed by atoms with Crippen molar-refractivity contribution in [2.24, 2.45) is 16.6 Å². The number of alkyl carbamates (subject to hydrolysis) is 1. The predicted molar refractivity (Wildman–Crippen MR) is 125 cm³/mol. The summed E-state index contributed by atoms with van der Waals surface area (Å²) in [6, 6.07) is 0. The number of hydrogen-bond donors (Lipinski definition) is 4. The number of likely N-dealkylation sites (tertiary alicyclic amines) is 1. The first-order valence-corrected chi connectivity index (χ1v) is 11.5. The number of piperidine rings is 1. The van der Waals surface area contributed by atoms with E-state index < -0.39 is 17.2 Å². The van der Waals surface area contributed by atoms with Crippen LogP contribution in [0.1, 0.15) is 67.2 Å². The molecule has 9 nitrogen and oxygen atoms in total. The van der Waals surface area contributed by atoms with Crippen molar-refractivity contribution in [1.82, 2.24) is 20.9 Å². The van der Waals surface area contributed by atoms with Gasteiger partial charge in [0.05, 0.1) is 12.1 Å². The van der Waals surface area contributed by atoms with E-state index >= 15 is 0 Å². The Morgan fingerprint density at radius 2 is 1.74 bits per heavy atom. The van der Waals surface area contributed by atoms with Gasteiger partial charge in [-0.05, 0) is 86.9 Å². The lowest BCUT2D eigenvalue weighted by Crippen LogP contribution is -2.49. The van der Waals surface area contributed by atoms with E-state index in [0.29, 0.717) is 6.54 Å². The number of carbonyl (C=O) groups is 2. The molecule has 0 aromatic rings. The number of nitrogens with one attached hydrogen (secondary N) is 3. The van der Waals surface area contributed by atoms with E-state index in [1.54, 1.807) is 0 Å². The first-order valence-electron chi connectivity index (χ1n) is 11.5. The number of ether oxygens (including phenoxy) is 1. The Hall–Kier alpha value is -2.03. The zero-order valence-electron chi connectivity index (χ0n) is 20.3. The second-order valence-corrected chi connectivity index (χ2v) is 9.86. The molecule has 0 atom stereocenters. The third kappa shape index (κ3) is 12.4. The van der Waals surface area contributed by atoms with Crippen molar-refractivity contribution in [1.29, 1.82) is 0 Å². The third-order valence-corrected chi connectivity index (χ3v) is 5.00. The molecule has 31 heavy (non-hydrogen) atoms. The van der Waals surface area contributed by atoms with Gasteiger partial charge in [-0.15, -0.1) is 0 Å². The molecule has 1 aliphatic heterocycles. The summed E-state index contributed by atoms with van der Waals surface area (Å²) in [7, 11) is 0. The molecular weight excluding hydrogens is 396 g/mol. The maximum Gasteiger partial charge on any atom is 0.408 e. The predicted octanol–water partition coefficient (Wildman–Crippen LogP) is 1.82. The molecule has 0 bridgehead atoms. The standard InChI is InChI=1S/C22H44N6O3/c1-7-24-19(26-16-22(5,6)27-20(30)31-21(2,3)4)25-12-8-9-13-28-14-10-17(11-15-28)18(23)29/h17H,7-16H2,1-6H3,(H2,23,29)(H,27,30)(H2,24,25,26). The third-order valence-electron chi connectivity index (χ3n) is 5.00. The van der Waals surface area contributed by atoms with Crippen LogP contribution < -0.4 is 21.7 Å². The summed E-state index contributed by atoms with van der Waals surface area (Å²) in [4.78, 5) is 30.3. The molecule has 1 heterocycles. The molecule has 0 aliphatic carbocycles. The zero-order valence-corrected chi connectivity index (χ0v) is 20.3. The molecule has 0 aromatic carbocycles. The molecule has 9 heteroatoms. The second-order valence-electron chi connectivity index (χ2n) is 9.86. The van der Waals surface area contributed by atoms with Gasteiger partial charge in [0.15, 0.2) is 5.96 Å². The first-order chi connectivity index (χ1) is 14.4. The smallest absolute Gasteiger partial charge is 0.408 e. The van der Waals surface area contributed by atoms with Crippen LogP contribution in [0.25, 0.3) is 0 Å². The normalized spacial score (nSPS) is 16.6. The van der Waals surface area contributed by atoms with Gasteiger partial charge in [0.1, 0.15) is 5.60 Å². The van der Waals surface area contributed by atoms with E-state index in [9.17, 15) is 9.59 Å². The average Bonchev–Trinajstić information content (AvgIpc) is 2.64. The van der Waals surface area contributed by atoms with E-state index in [1.807, 2.05) is 41.5 Å². The summed E-state index contributed by atoms with van der Waals surface area (Å²) < 4.78 is 5.33. The lowest BCUT2D eigenvalue weighted by Gasteiger charge is -2.30. The number of aliphatic imine (C=N–C) groups is 1. The molecule has 1 fully saturated rings. The van der Waals surface area contributed by atoms with Crippen LogP contribution in [0.15, 0.2) is 4.99 Å². The number of primary amides is 1. The number of rotatable bonds is 10. The molecule has 5 N–H and O–H groups in total. The lowest BCUT2D eigenvalue weighted by atomic mass is 9.96. The van der Waals surface area contributed by atoms with Crippen molar-refractivity contribution in [2.75, 3.05) is 39.3 Å². The molecule has 2 amide bonds. The van der Waals surface area contributed by atoms with Crippen molar-refractivity contribution < 1.29 is 14.3 Å². The maximum atomic E-state index is 12.0. The largest absolute Gasteiger partial charge is 0.444 e. The minimum Gasteiger partial charge on any atom is -0.444 e. The number of nitrogens with zero attached hydrogens (tertiary/aromatic N) is 2. The van der Waals surface area contributed by atoms with E-state index in [4.69, 9.17) is 10.5 Å². The molecule has 1 rings (SSSR count). The van der Waals surface area contributed by atoms with Gasteiger partial charge < -0.3 is 31.3 Å². The molecule has 0 saturated carbocycles. The summed E-state index contributed by atoms with van der Waals surface area (Å²) in [5.41, 5.74) is 4.34. The fraction of sp³-hybridized carbons (Fsp3) is 0.864. The van der Waals surface area contributed by atoms with E-state index in [2.05, 4.69) is 25.8 Å². The van der Waals surface area contributed by atoms with Crippen LogP contribution in [-0.4, -0.2) is 73.3 Å². The second kappa shape index (κ2) is 12.7. The summed E-state index contributed by atoms with van der Waals surface area (Å²) in [6.07, 6.45) is 3.42. The highest BCUT2D eigenvalue weighted by Crippen LogP contribution is 2.16. The van der Waals surface area contributed by atoms with Crippen LogP contribution in [-0.2, 0) is 9.53 Å². The Bertz CT molecular complexity index is 593. The van der Waals surface area contributed by atoms with Crippen LogP contribution in [0.3, 0.4) is 0 Å². The van der Waals surface area contributed by atoms with Gasteiger partial charge in [0.25, 0.3) is 0 Å². The van der Waals surface area contributed by atoms with Crippen LogP contribution in [0.4, 0.5) is 4.79 Å². The maximum absolute atomic E-state index is 12.0. The molecule has 180 valence electrons. The van der Waals surface area contributed by atoms with Crippen molar-refractivity contribution in [2.45, 2.75) is 78.4 Å². The number of nitrogens with two attached hydrogens (primary N) is 1. The average molecular weight is 441 g/mol. The van der Waals surface area contributed by atoms with Crippen molar-refractivity contribution in [3.05, 3.63) is 0 Å². The van der Waals surface area contributed by atoms with E-state index in [-0.39, 0.29) is 11.8 Å². The number of carbonyl (C=O) groups excluding carboxylic acids is 2. The molecule has 0 aromatic heterocycles. The zero-order chi connectivity index (χ0) is 23.5. The molecule has 1 saturated heterocycles. The summed E-state index contributed by atoms with van der Waals surface area (Å²) in [5.74, 6) is 0.623. The number of guanidine groups is 1. The van der Waals surface area contributed by atoms with Gasteiger partial charge >= 0.3 is 6.09 Å². The SMILES string of the molecule is CCNC(=NCC(C)(C)NC(=O)OC(C)(C)C)NCCCCN1CCC(C(N)=O)CC1. The van der Waals surface area contributed by atoms with E-state index in [1.165, 1.54) is 0 Å². The van der Waals surface area contributed by atoms with Crippen LogP contribution >= 0.6 is 0 Å². The van der Waals surface area contributed by atoms with Crippen molar-refractivity contribution in [3.8, 4) is 0 Å². The Morgan fingerprint density at radius 3 is 2.29 bits per heavy atom. The van der Waals surface area contributed by atoms with Crippen LogP contribution in [0.2, 0.25) is 0 Å². The highest BCUT2D eigenvalue weighted by atomic mass is 16.6. The molecule has 0 spiro atoms. The first kappa shape index (κ1) is 27.0. The van der Waals surface area contributed by atoms with Crippen LogP contribution in [0, 0.1) is 5.92 Å². The topological polar surface area (TPSA) is 121 Å². The highest BCUT2D eigenvalue weighted by molar-refractivity contribution is 5.79. The fourth-order valence-corrected chi connectivity index (χ4v) is 3.35. The Labute approximate surface area is 187 Å². The Kier molecular flexibility index (Phi) is 11.1. The van der Waals surface area contributed by atoms with Crippen LogP contribution in [0.5, 0.6) is 0 Å². The lowest BCUT2D eigenvalue weighted by molar-refractivity contribution is -0.123. The Morgan fingerprint density at radius 1 is 1.10 bits per heavy atom. The van der Waals surface area contributed by atoms with Gasteiger partial charge in [0.2, 0.25) is 5.91 Å². The molecule has 0 unspecified atom stereocenters. The van der Waals surface area contributed by atoms with Gasteiger partial charge in [-0.1, -0.05) is 0 Å². The monoisotopic (exact) mass is 440 g/mol. The summed E-state index contributed by atoms with van der Waals surface area (Å²) in [6.45, 7) is 16.3. The quantitative estimate of drug-likeness (QED) is 0.234. The molecular formula is C22H44N6O3. The van der Waals surface area contributed by atoms with Gasteiger partial charge in [0, 0.05) is 19.0 Å².